The van der Waals surface area contributed by atoms with Gasteiger partial charge in [-0.2, -0.15) is 0 Å². The van der Waals surface area contributed by atoms with E-state index in [1.54, 1.807) is 34.6 Å². The first-order valence-corrected chi connectivity index (χ1v) is 12.7. The number of hydrogen-bond acceptors (Lipinski definition) is 11. The Morgan fingerprint density at radius 1 is 0.900 bits per heavy atom. The van der Waals surface area contributed by atoms with Gasteiger partial charge in [0, 0.05) is 27.3 Å². The number of halogens is 2. The maximum Gasteiger partial charge on any atom is 0.410 e. The molecule has 0 saturated carbocycles. The van der Waals surface area contributed by atoms with E-state index in [0.717, 1.165) is 0 Å². The molecule has 2 saturated heterocycles. The van der Waals surface area contributed by atoms with Crippen molar-refractivity contribution in [1.29, 1.82) is 0 Å². The molecule has 0 spiro atoms. The van der Waals surface area contributed by atoms with Gasteiger partial charge in [0.05, 0.1) is 38.7 Å². The fourth-order valence-electron chi connectivity index (χ4n) is 4.26. The average Bonchev–Trinajstić information content (AvgIpc) is 2.78. The summed E-state index contributed by atoms with van der Waals surface area (Å²) in [6.07, 6.45) is -0.891. The van der Waals surface area contributed by atoms with Crippen LogP contribution < -0.4 is 5.32 Å². The van der Waals surface area contributed by atoms with Gasteiger partial charge in [-0.1, -0.05) is 7.43 Å². The van der Waals surface area contributed by atoms with Crippen LogP contribution in [-0.2, 0) is 33.3 Å². The summed E-state index contributed by atoms with van der Waals surface area (Å²) in [5.74, 6) is -0.846. The molecule has 3 N–H and O–H groups in total. The zero-order valence-corrected chi connectivity index (χ0v) is 25.8. The summed E-state index contributed by atoms with van der Waals surface area (Å²) in [4.78, 5) is 36.5. The monoisotopic (exact) mass is 622 g/mol. The van der Waals surface area contributed by atoms with Crippen LogP contribution in [0.4, 0.5) is 4.79 Å². The molecule has 0 aromatic rings. The molecule has 0 aliphatic carbocycles. The molecule has 40 heavy (non-hydrogen) atoms. The Hall–Kier alpha value is -1.41. The summed E-state index contributed by atoms with van der Waals surface area (Å²) in [5.41, 5.74) is -3.01. The number of aliphatic hydroxyl groups is 2. The second-order valence-electron chi connectivity index (χ2n) is 10.2. The number of carbonyl (C=O) groups excluding carboxylic acids is 3. The van der Waals surface area contributed by atoms with Gasteiger partial charge in [-0.05, 0) is 54.0 Å². The van der Waals surface area contributed by atoms with Crippen LogP contribution in [0.2, 0.25) is 0 Å². The third-order valence-electron chi connectivity index (χ3n) is 6.20. The molecule has 0 aromatic heterocycles. The molecule has 2 rings (SSSR count). The quantitative estimate of drug-likeness (QED) is 0.270. The third kappa shape index (κ3) is 14.0. The first-order chi connectivity index (χ1) is 17.2. The second-order valence-corrected chi connectivity index (χ2v) is 10.2. The Morgan fingerprint density at radius 2 is 1.38 bits per heavy atom. The molecule has 2 aliphatic rings. The van der Waals surface area contributed by atoms with Crippen molar-refractivity contribution in [1.82, 2.24) is 10.2 Å². The predicted octanol–water partition coefficient (Wildman–Crippen LogP) is 2.49. The van der Waals surface area contributed by atoms with Crippen molar-refractivity contribution in [3.8, 4) is 0 Å². The number of nitrogens with one attached hydrogen (secondary N) is 1. The van der Waals surface area contributed by atoms with E-state index in [4.69, 9.17) is 23.7 Å². The summed E-state index contributed by atoms with van der Waals surface area (Å²) < 4.78 is 25.5. The molecule has 2 aliphatic heterocycles. The molecule has 240 valence electrons. The summed E-state index contributed by atoms with van der Waals surface area (Å²) in [6, 6.07) is 0. The van der Waals surface area contributed by atoms with E-state index in [2.05, 4.69) is 5.32 Å². The maximum atomic E-state index is 12.1. The van der Waals surface area contributed by atoms with Crippen LogP contribution in [0.1, 0.15) is 67.7 Å². The molecular weight excluding hydrogens is 571 g/mol. The Labute approximate surface area is 251 Å². The van der Waals surface area contributed by atoms with E-state index in [9.17, 15) is 24.6 Å². The fraction of sp³-hybridized carbons (Fsp3) is 0.885. The number of esters is 2. The first kappa shape index (κ1) is 43.0. The van der Waals surface area contributed by atoms with Crippen molar-refractivity contribution in [2.45, 2.75) is 96.7 Å². The van der Waals surface area contributed by atoms with Crippen LogP contribution in [0.15, 0.2) is 0 Å². The number of methoxy groups -OCH3 is 2. The highest BCUT2D eigenvalue weighted by atomic mass is 35.5. The number of carbonyl (C=O) groups is 3. The van der Waals surface area contributed by atoms with Gasteiger partial charge in [0.25, 0.3) is 0 Å². The van der Waals surface area contributed by atoms with E-state index in [1.807, 2.05) is 0 Å². The van der Waals surface area contributed by atoms with Crippen molar-refractivity contribution in [3.05, 3.63) is 0 Å². The lowest BCUT2D eigenvalue weighted by atomic mass is 9.85. The van der Waals surface area contributed by atoms with E-state index < -0.39 is 35.0 Å². The van der Waals surface area contributed by atoms with E-state index in [1.165, 1.54) is 19.1 Å². The Kier molecular flexibility index (Phi) is 21.2. The summed E-state index contributed by atoms with van der Waals surface area (Å²) >= 11 is 0. The highest BCUT2D eigenvalue weighted by Gasteiger charge is 2.45. The zero-order valence-electron chi connectivity index (χ0n) is 24.1. The Bertz CT molecular complexity index is 755. The lowest BCUT2D eigenvalue weighted by Crippen LogP contribution is -2.58. The van der Waals surface area contributed by atoms with Gasteiger partial charge in [-0.25, -0.2) is 4.79 Å². The van der Waals surface area contributed by atoms with Crippen molar-refractivity contribution in [2.75, 3.05) is 53.6 Å². The van der Waals surface area contributed by atoms with Crippen LogP contribution in [0.5, 0.6) is 0 Å². The minimum absolute atomic E-state index is 0. The van der Waals surface area contributed by atoms with E-state index in [0.29, 0.717) is 32.7 Å². The molecule has 1 amide bonds. The Balaban J connectivity index is -0.000000674. The van der Waals surface area contributed by atoms with Gasteiger partial charge in [-0.3, -0.25) is 9.59 Å². The zero-order chi connectivity index (χ0) is 28.3. The van der Waals surface area contributed by atoms with Gasteiger partial charge < -0.3 is 44.1 Å². The molecule has 4 unspecified atom stereocenters. The summed E-state index contributed by atoms with van der Waals surface area (Å²) in [7, 11) is 2.98. The SMILES string of the molecule is C.CCOC(=O)CC1(O)CCN(C(=O)OC(C)(C)C)CC1OC.CCOC(=O)CC1(O)CCNCC1OC.Cl.Cl. The van der Waals surface area contributed by atoms with Gasteiger partial charge in [0.15, 0.2) is 0 Å². The molecule has 2 fully saturated rings. The van der Waals surface area contributed by atoms with E-state index >= 15 is 0 Å². The average molecular weight is 624 g/mol. The largest absolute Gasteiger partial charge is 0.466 e. The van der Waals surface area contributed by atoms with Gasteiger partial charge in [0.1, 0.15) is 22.9 Å². The molecule has 0 bridgehead atoms. The van der Waals surface area contributed by atoms with Crippen LogP contribution in [0.3, 0.4) is 0 Å². The van der Waals surface area contributed by atoms with Crippen molar-refractivity contribution < 1.29 is 48.3 Å². The number of rotatable bonds is 8. The number of piperidine rings is 2. The smallest absolute Gasteiger partial charge is 0.410 e. The number of likely N-dealkylation sites (tertiary alicyclic amines) is 1. The number of nitrogens with zero attached hydrogens (tertiary/aromatic N) is 1. The molecule has 2 heterocycles. The third-order valence-corrected chi connectivity index (χ3v) is 6.20. The normalized spacial score (nSPS) is 25.9. The minimum atomic E-state index is -1.33. The lowest BCUT2D eigenvalue weighted by Gasteiger charge is -2.43. The highest BCUT2D eigenvalue weighted by molar-refractivity contribution is 5.85. The van der Waals surface area contributed by atoms with Crippen molar-refractivity contribution in [2.24, 2.45) is 0 Å². The van der Waals surface area contributed by atoms with Crippen LogP contribution in [-0.4, -0.2) is 116 Å². The summed E-state index contributed by atoms with van der Waals surface area (Å²) in [6.45, 7) is 11.1. The highest BCUT2D eigenvalue weighted by Crippen LogP contribution is 2.29. The standard InChI is InChI=1S/C15H27NO6.C10H19NO4.CH4.2ClH/c1-6-21-12(17)9-15(19)7-8-16(10-11(15)20-5)13(18)22-14(2,3)4;1-3-15-9(12)6-10(13)4-5-11-7-8(10)14-2;;;/h11,19H,6-10H2,1-5H3;8,11,13H,3-7H2,1-2H3;1H4;2*1H. The van der Waals surface area contributed by atoms with Gasteiger partial charge >= 0.3 is 18.0 Å². The lowest BCUT2D eigenvalue weighted by molar-refractivity contribution is -0.165. The minimum Gasteiger partial charge on any atom is -0.466 e. The van der Waals surface area contributed by atoms with Crippen LogP contribution in [0, 0.1) is 0 Å². The molecule has 12 nitrogen and oxygen atoms in total. The topological polar surface area (TPSA) is 153 Å². The number of hydrogen-bond donors (Lipinski definition) is 3. The van der Waals surface area contributed by atoms with Crippen molar-refractivity contribution in [3.63, 3.8) is 0 Å². The molecule has 4 atom stereocenters. The summed E-state index contributed by atoms with van der Waals surface area (Å²) in [5, 5.41) is 24.0. The molecule has 0 aromatic carbocycles. The van der Waals surface area contributed by atoms with Crippen molar-refractivity contribution >= 4 is 42.8 Å². The fourth-order valence-corrected chi connectivity index (χ4v) is 4.26. The molecule has 14 heteroatoms. The van der Waals surface area contributed by atoms with Crippen LogP contribution in [0.25, 0.3) is 0 Å². The number of ether oxygens (including phenoxy) is 5. The molecule has 0 radical (unpaired) electrons. The second kappa shape index (κ2) is 19.7. The van der Waals surface area contributed by atoms with Gasteiger partial charge in [0.2, 0.25) is 0 Å². The number of amides is 1. The first-order valence-electron chi connectivity index (χ1n) is 12.7. The predicted molar refractivity (Wildman–Crippen MR) is 155 cm³/mol. The Morgan fingerprint density at radius 3 is 1.80 bits per heavy atom. The van der Waals surface area contributed by atoms with E-state index in [-0.39, 0.29) is 76.7 Å². The molecular formula is C26H52Cl2N2O10. The van der Waals surface area contributed by atoms with Crippen LogP contribution >= 0.6 is 24.8 Å². The maximum absolute atomic E-state index is 12.1. The van der Waals surface area contributed by atoms with Gasteiger partial charge in [-0.15, -0.1) is 24.8 Å².